The van der Waals surface area contributed by atoms with Crippen LogP contribution in [0.2, 0.25) is 0 Å². The van der Waals surface area contributed by atoms with Gasteiger partial charge in [0.2, 0.25) is 0 Å². The zero-order valence-electron chi connectivity index (χ0n) is 12.4. The lowest BCUT2D eigenvalue weighted by Gasteiger charge is -2.43. The van der Waals surface area contributed by atoms with E-state index in [1.165, 1.54) is 0 Å². The second-order valence-electron chi connectivity index (χ2n) is 5.61. The summed E-state index contributed by atoms with van der Waals surface area (Å²) in [6.07, 6.45) is -2.66. The van der Waals surface area contributed by atoms with E-state index in [0.717, 1.165) is 0 Å². The van der Waals surface area contributed by atoms with E-state index < -0.39 is 6.15 Å². The minimum absolute atomic E-state index is 0.250. The summed E-state index contributed by atoms with van der Waals surface area (Å²) in [6, 6.07) is 1.00. The van der Waals surface area contributed by atoms with Crippen molar-refractivity contribution in [3.8, 4) is 0 Å². The molecule has 0 amide bonds. The summed E-state index contributed by atoms with van der Waals surface area (Å²) in [7, 11) is 0. The van der Waals surface area contributed by atoms with Crippen LogP contribution in [0, 0.1) is 0 Å². The second-order valence-corrected chi connectivity index (χ2v) is 10.2. The monoisotopic (exact) mass is 326 g/mol. The molecule has 3 nitrogen and oxygen atoms in total. The van der Waals surface area contributed by atoms with Gasteiger partial charge in [-0.25, -0.2) is 9.34 Å². The zero-order chi connectivity index (χ0) is 14.0. The highest BCUT2D eigenvalue weighted by atomic mass is 79.9. The predicted octanol–water partition coefficient (Wildman–Crippen LogP) is 4.73. The Kier molecular flexibility index (Phi) is 6.95. The van der Waals surface area contributed by atoms with E-state index in [1.54, 1.807) is 0 Å². The van der Waals surface area contributed by atoms with E-state index in [4.69, 9.17) is 0 Å². The third-order valence-corrected chi connectivity index (χ3v) is 7.87. The zero-order valence-corrected chi connectivity index (χ0v) is 14.9. The van der Waals surface area contributed by atoms with Gasteiger partial charge in [0.1, 0.15) is 0 Å². The van der Waals surface area contributed by atoms with E-state index in [9.17, 15) is 4.57 Å². The highest BCUT2D eigenvalue weighted by Gasteiger charge is 2.40. The fourth-order valence-corrected chi connectivity index (χ4v) is 9.36. The van der Waals surface area contributed by atoms with Crippen LogP contribution in [0.3, 0.4) is 0 Å². The maximum absolute atomic E-state index is 13.1. The molecule has 0 saturated carbocycles. The molecule has 0 bridgehead atoms. The smallest absolute Gasteiger partial charge is 0.276 e. The lowest BCUT2D eigenvalue weighted by atomic mass is 10.3. The maximum Gasteiger partial charge on any atom is 0.280 e. The molecule has 0 aromatic rings. The van der Waals surface area contributed by atoms with Gasteiger partial charge in [-0.1, -0.05) is 0 Å². The molecule has 0 heterocycles. The van der Waals surface area contributed by atoms with Gasteiger partial charge < -0.3 is 0 Å². The molecule has 0 saturated heterocycles. The Bertz CT molecular complexity index is 240. The fourth-order valence-electron chi connectivity index (χ4n) is 2.45. The molecule has 0 radical (unpaired) electrons. The van der Waals surface area contributed by atoms with E-state index in [1.807, 2.05) is 0 Å². The highest BCUT2D eigenvalue weighted by Crippen LogP contribution is 2.63. The van der Waals surface area contributed by atoms with Crippen LogP contribution in [0.4, 0.5) is 0 Å². The van der Waals surface area contributed by atoms with Crippen molar-refractivity contribution in [3.63, 3.8) is 0 Å². The van der Waals surface area contributed by atoms with Crippen molar-refractivity contribution in [2.45, 2.75) is 79.6 Å². The lowest BCUT2D eigenvalue weighted by molar-refractivity contribution is 0.236. The third kappa shape index (κ3) is 4.34. The van der Waals surface area contributed by atoms with Crippen molar-refractivity contribution in [1.82, 2.24) is 9.34 Å². The molecule has 0 fully saturated rings. The van der Waals surface area contributed by atoms with Gasteiger partial charge in [0, 0.05) is 39.7 Å². The standard InChI is InChI=1S/C12H28BrN2OP/c1-9(2)14(10(3)4)17(13,16)15(11(5)6)12(7)8/h9-12H,1-8H3. The Morgan fingerprint density at radius 3 is 1.00 bits per heavy atom. The summed E-state index contributed by atoms with van der Waals surface area (Å²) < 4.78 is 17.3. The Morgan fingerprint density at radius 2 is 0.882 bits per heavy atom. The van der Waals surface area contributed by atoms with Crippen molar-refractivity contribution in [2.75, 3.05) is 0 Å². The van der Waals surface area contributed by atoms with Gasteiger partial charge in [0.15, 0.2) is 0 Å². The van der Waals surface area contributed by atoms with Gasteiger partial charge in [0.25, 0.3) is 6.15 Å². The molecule has 104 valence electrons. The third-order valence-electron chi connectivity index (χ3n) is 2.69. The molecule has 0 aromatic heterocycles. The maximum atomic E-state index is 13.1. The summed E-state index contributed by atoms with van der Waals surface area (Å²) >= 11 is 3.52. The first kappa shape index (κ1) is 17.6. The van der Waals surface area contributed by atoms with Crippen LogP contribution in [-0.4, -0.2) is 33.5 Å². The Labute approximate surface area is 115 Å². The molecule has 0 atom stereocenters. The molecule has 0 N–H and O–H groups in total. The largest absolute Gasteiger partial charge is 0.280 e. The summed E-state index contributed by atoms with van der Waals surface area (Å²) in [5, 5.41) is 0. The fraction of sp³-hybridized carbons (Fsp3) is 1.00. The number of halogens is 1. The Morgan fingerprint density at radius 1 is 0.706 bits per heavy atom. The van der Waals surface area contributed by atoms with Gasteiger partial charge in [-0.15, -0.1) is 0 Å². The average Bonchev–Trinajstić information content (AvgIpc) is 1.96. The lowest BCUT2D eigenvalue weighted by Crippen LogP contribution is -2.43. The number of hydrogen-bond donors (Lipinski definition) is 0. The van der Waals surface area contributed by atoms with Crippen molar-refractivity contribution in [3.05, 3.63) is 0 Å². The van der Waals surface area contributed by atoms with E-state index in [2.05, 4.69) is 80.2 Å². The quantitative estimate of drug-likeness (QED) is 0.659. The van der Waals surface area contributed by atoms with Gasteiger partial charge in [-0.05, 0) is 55.4 Å². The van der Waals surface area contributed by atoms with E-state index >= 15 is 0 Å². The SMILES string of the molecule is CC(C)N(C(C)C)P(=O)(Br)N(C(C)C)C(C)C. The van der Waals surface area contributed by atoms with Crippen LogP contribution in [0.5, 0.6) is 0 Å². The average molecular weight is 327 g/mol. The van der Waals surface area contributed by atoms with Crippen LogP contribution in [0.1, 0.15) is 55.4 Å². The summed E-state index contributed by atoms with van der Waals surface area (Å²) in [6.45, 7) is 16.7. The molecular formula is C12H28BrN2OP. The number of nitrogens with zero attached hydrogens (tertiary/aromatic N) is 2. The van der Waals surface area contributed by atoms with Crippen molar-refractivity contribution >= 4 is 21.6 Å². The number of hydrogen-bond acceptors (Lipinski definition) is 1. The molecule has 5 heteroatoms. The summed E-state index contributed by atoms with van der Waals surface area (Å²) in [5.74, 6) is 0. The van der Waals surface area contributed by atoms with Crippen LogP contribution in [0.15, 0.2) is 0 Å². The normalized spacial score (nSPS) is 14.1. The second kappa shape index (κ2) is 6.70. The molecule has 0 aliphatic carbocycles. The molecule has 0 aromatic carbocycles. The summed E-state index contributed by atoms with van der Waals surface area (Å²) in [4.78, 5) is 0. The highest BCUT2D eigenvalue weighted by molar-refractivity contribution is 9.39. The summed E-state index contributed by atoms with van der Waals surface area (Å²) in [5.41, 5.74) is 0. The predicted molar refractivity (Wildman–Crippen MR) is 80.8 cm³/mol. The minimum atomic E-state index is -2.66. The topological polar surface area (TPSA) is 23.6 Å². The van der Waals surface area contributed by atoms with Gasteiger partial charge in [-0.3, -0.25) is 4.57 Å². The van der Waals surface area contributed by atoms with E-state index in [0.29, 0.717) is 0 Å². The molecule has 0 spiro atoms. The van der Waals surface area contributed by atoms with Crippen LogP contribution >= 0.6 is 21.6 Å². The minimum Gasteiger partial charge on any atom is -0.276 e. The molecule has 17 heavy (non-hydrogen) atoms. The van der Waals surface area contributed by atoms with E-state index in [-0.39, 0.29) is 24.2 Å². The van der Waals surface area contributed by atoms with Crippen LogP contribution in [0.25, 0.3) is 0 Å². The molecule has 0 unspecified atom stereocenters. The van der Waals surface area contributed by atoms with Crippen LogP contribution < -0.4 is 0 Å². The molecular weight excluding hydrogens is 299 g/mol. The van der Waals surface area contributed by atoms with Crippen molar-refractivity contribution in [1.29, 1.82) is 0 Å². The Balaban J connectivity index is 5.38. The van der Waals surface area contributed by atoms with Crippen LogP contribution in [-0.2, 0) is 4.57 Å². The molecule has 0 aliphatic heterocycles. The molecule has 0 rings (SSSR count). The van der Waals surface area contributed by atoms with Crippen molar-refractivity contribution in [2.24, 2.45) is 0 Å². The Hall–Kier alpha value is 0.630. The van der Waals surface area contributed by atoms with Crippen molar-refractivity contribution < 1.29 is 4.57 Å². The first-order chi connectivity index (χ1) is 7.53. The van der Waals surface area contributed by atoms with Gasteiger partial charge in [0.05, 0.1) is 0 Å². The first-order valence-electron chi connectivity index (χ1n) is 6.40. The molecule has 0 aliphatic rings. The van der Waals surface area contributed by atoms with Gasteiger partial charge >= 0.3 is 0 Å². The van der Waals surface area contributed by atoms with Gasteiger partial charge in [-0.2, -0.15) is 0 Å². The number of rotatable bonds is 6. The first-order valence-corrected chi connectivity index (χ1v) is 10.0.